The minimum absolute atomic E-state index is 0.0347. The van der Waals surface area contributed by atoms with Crippen LogP contribution < -0.4 is 16.0 Å². The molecule has 1 aromatic carbocycles. The summed E-state index contributed by atoms with van der Waals surface area (Å²) in [6.07, 6.45) is 4.17. The van der Waals surface area contributed by atoms with E-state index in [4.69, 9.17) is 0 Å². The Morgan fingerprint density at radius 2 is 1.70 bits per heavy atom. The van der Waals surface area contributed by atoms with E-state index in [9.17, 15) is 9.59 Å². The quantitative estimate of drug-likeness (QED) is 0.682. The molecule has 1 fully saturated rings. The molecule has 1 aliphatic heterocycles. The second kappa shape index (κ2) is 10.0. The highest BCUT2D eigenvalue weighted by Crippen LogP contribution is 2.17. The lowest BCUT2D eigenvalue weighted by Crippen LogP contribution is -2.31. The normalized spacial score (nSPS) is 15.1. The molecule has 1 aromatic rings. The molecule has 5 nitrogen and oxygen atoms in total. The monoisotopic (exact) mass is 317 g/mol. The number of hydrogen-bond donors (Lipinski definition) is 3. The fourth-order valence-electron chi connectivity index (χ4n) is 2.79. The van der Waals surface area contributed by atoms with Gasteiger partial charge in [-0.15, -0.1) is 0 Å². The molecule has 2 amide bonds. The molecule has 0 aliphatic carbocycles. The minimum Gasteiger partial charge on any atom is -0.356 e. The molecule has 2 rings (SSSR count). The molecular weight excluding hydrogens is 290 g/mol. The molecular formula is C18H27N3O2. The van der Waals surface area contributed by atoms with E-state index in [-0.39, 0.29) is 11.8 Å². The SMILES string of the molecule is O=C(CCC1CCNCC1)NCCC(=O)NCc1ccccc1. The van der Waals surface area contributed by atoms with E-state index in [1.54, 1.807) is 0 Å². The van der Waals surface area contributed by atoms with Crippen molar-refractivity contribution in [3.63, 3.8) is 0 Å². The summed E-state index contributed by atoms with van der Waals surface area (Å²) in [6, 6.07) is 9.80. The highest BCUT2D eigenvalue weighted by molar-refractivity contribution is 5.78. The number of nitrogens with one attached hydrogen (secondary N) is 3. The van der Waals surface area contributed by atoms with Gasteiger partial charge in [0, 0.05) is 25.9 Å². The van der Waals surface area contributed by atoms with E-state index in [0.29, 0.717) is 31.8 Å². The minimum atomic E-state index is -0.0347. The van der Waals surface area contributed by atoms with Gasteiger partial charge in [-0.3, -0.25) is 9.59 Å². The van der Waals surface area contributed by atoms with Gasteiger partial charge in [-0.1, -0.05) is 30.3 Å². The Balaban J connectivity index is 1.51. The summed E-state index contributed by atoms with van der Waals surface area (Å²) < 4.78 is 0. The molecule has 0 radical (unpaired) electrons. The third-order valence-electron chi connectivity index (χ3n) is 4.25. The van der Waals surface area contributed by atoms with Crippen molar-refractivity contribution in [3.05, 3.63) is 35.9 Å². The second-order valence-electron chi connectivity index (χ2n) is 6.09. The molecule has 0 bridgehead atoms. The Kier molecular flexibility index (Phi) is 7.60. The van der Waals surface area contributed by atoms with Gasteiger partial charge in [0.1, 0.15) is 0 Å². The van der Waals surface area contributed by atoms with Gasteiger partial charge in [0.15, 0.2) is 0 Å². The molecule has 1 saturated heterocycles. The van der Waals surface area contributed by atoms with E-state index in [0.717, 1.165) is 37.9 Å². The van der Waals surface area contributed by atoms with Crippen LogP contribution in [0.25, 0.3) is 0 Å². The first-order valence-corrected chi connectivity index (χ1v) is 8.52. The van der Waals surface area contributed by atoms with Crippen LogP contribution in [0.3, 0.4) is 0 Å². The van der Waals surface area contributed by atoms with E-state index in [2.05, 4.69) is 16.0 Å². The molecule has 23 heavy (non-hydrogen) atoms. The maximum Gasteiger partial charge on any atom is 0.222 e. The Labute approximate surface area is 138 Å². The molecule has 1 aliphatic rings. The van der Waals surface area contributed by atoms with E-state index in [1.807, 2.05) is 30.3 Å². The summed E-state index contributed by atoms with van der Waals surface area (Å²) in [7, 11) is 0. The van der Waals surface area contributed by atoms with Crippen LogP contribution in [0.2, 0.25) is 0 Å². The maximum atomic E-state index is 11.8. The van der Waals surface area contributed by atoms with Crippen molar-refractivity contribution in [3.8, 4) is 0 Å². The van der Waals surface area contributed by atoms with Crippen LogP contribution >= 0.6 is 0 Å². The van der Waals surface area contributed by atoms with Crippen molar-refractivity contribution in [2.24, 2.45) is 5.92 Å². The third-order valence-corrected chi connectivity index (χ3v) is 4.25. The molecule has 3 N–H and O–H groups in total. The topological polar surface area (TPSA) is 70.2 Å². The van der Waals surface area contributed by atoms with Crippen molar-refractivity contribution >= 4 is 11.8 Å². The van der Waals surface area contributed by atoms with Crippen molar-refractivity contribution in [2.75, 3.05) is 19.6 Å². The fourth-order valence-corrected chi connectivity index (χ4v) is 2.79. The molecule has 0 saturated carbocycles. The van der Waals surface area contributed by atoms with E-state index < -0.39 is 0 Å². The van der Waals surface area contributed by atoms with Gasteiger partial charge in [0.25, 0.3) is 0 Å². The third kappa shape index (κ3) is 7.28. The van der Waals surface area contributed by atoms with E-state index >= 15 is 0 Å². The first-order valence-electron chi connectivity index (χ1n) is 8.52. The zero-order chi connectivity index (χ0) is 16.3. The summed E-state index contributed by atoms with van der Waals surface area (Å²) in [5.74, 6) is 0.683. The molecule has 5 heteroatoms. The smallest absolute Gasteiger partial charge is 0.222 e. The number of hydrogen-bond acceptors (Lipinski definition) is 3. The summed E-state index contributed by atoms with van der Waals surface area (Å²) >= 11 is 0. The van der Waals surface area contributed by atoms with Crippen LogP contribution in [0.4, 0.5) is 0 Å². The Morgan fingerprint density at radius 1 is 1.00 bits per heavy atom. The number of rotatable bonds is 8. The number of carbonyl (C=O) groups excluding carboxylic acids is 2. The zero-order valence-electron chi connectivity index (χ0n) is 13.6. The lowest BCUT2D eigenvalue weighted by molar-refractivity contribution is -0.122. The molecule has 1 heterocycles. The Morgan fingerprint density at radius 3 is 2.43 bits per heavy atom. The predicted octanol–water partition coefficient (Wildman–Crippen LogP) is 1.59. The van der Waals surface area contributed by atoms with Crippen molar-refractivity contribution in [1.82, 2.24) is 16.0 Å². The Hall–Kier alpha value is -1.88. The fraction of sp³-hybridized carbons (Fsp3) is 0.556. The average Bonchev–Trinajstić information content (AvgIpc) is 2.60. The standard InChI is InChI=1S/C18H27N3O2/c22-17(7-6-15-8-11-19-12-9-15)20-13-10-18(23)21-14-16-4-2-1-3-5-16/h1-5,15,19H,6-14H2,(H,20,22)(H,21,23). The summed E-state index contributed by atoms with van der Waals surface area (Å²) in [5.41, 5.74) is 1.08. The number of amides is 2. The van der Waals surface area contributed by atoms with Gasteiger partial charge in [0.2, 0.25) is 11.8 Å². The number of piperidine rings is 1. The van der Waals surface area contributed by atoms with Gasteiger partial charge in [-0.25, -0.2) is 0 Å². The van der Waals surface area contributed by atoms with Gasteiger partial charge in [0.05, 0.1) is 0 Å². The predicted molar refractivity (Wildman–Crippen MR) is 90.7 cm³/mol. The molecule has 0 spiro atoms. The van der Waals surface area contributed by atoms with Gasteiger partial charge in [-0.05, 0) is 43.8 Å². The maximum absolute atomic E-state index is 11.8. The zero-order valence-corrected chi connectivity index (χ0v) is 13.6. The molecule has 0 atom stereocenters. The van der Waals surface area contributed by atoms with Crippen LogP contribution in [-0.4, -0.2) is 31.4 Å². The number of benzene rings is 1. The lowest BCUT2D eigenvalue weighted by atomic mass is 9.93. The first-order chi connectivity index (χ1) is 11.2. The van der Waals surface area contributed by atoms with Crippen LogP contribution in [0.15, 0.2) is 30.3 Å². The van der Waals surface area contributed by atoms with Crippen molar-refractivity contribution in [2.45, 2.75) is 38.6 Å². The van der Waals surface area contributed by atoms with Gasteiger partial charge >= 0.3 is 0 Å². The average molecular weight is 317 g/mol. The van der Waals surface area contributed by atoms with Crippen LogP contribution in [0, 0.1) is 5.92 Å². The van der Waals surface area contributed by atoms with Crippen molar-refractivity contribution < 1.29 is 9.59 Å². The molecule has 126 valence electrons. The van der Waals surface area contributed by atoms with Crippen LogP contribution in [0.5, 0.6) is 0 Å². The molecule has 0 aromatic heterocycles. The van der Waals surface area contributed by atoms with Gasteiger partial charge < -0.3 is 16.0 Å². The summed E-state index contributed by atoms with van der Waals surface area (Å²) in [6.45, 7) is 3.07. The van der Waals surface area contributed by atoms with Crippen molar-refractivity contribution in [1.29, 1.82) is 0 Å². The number of carbonyl (C=O) groups is 2. The highest BCUT2D eigenvalue weighted by atomic mass is 16.2. The molecule has 0 unspecified atom stereocenters. The summed E-state index contributed by atoms with van der Waals surface area (Å²) in [5, 5.41) is 9.02. The van der Waals surface area contributed by atoms with Gasteiger partial charge in [-0.2, -0.15) is 0 Å². The second-order valence-corrected chi connectivity index (χ2v) is 6.09. The first kappa shape index (κ1) is 17.5. The summed E-state index contributed by atoms with van der Waals surface area (Å²) in [4.78, 5) is 23.5. The lowest BCUT2D eigenvalue weighted by Gasteiger charge is -2.22. The Bertz CT molecular complexity index is 484. The van der Waals surface area contributed by atoms with Crippen LogP contribution in [0.1, 0.15) is 37.7 Å². The van der Waals surface area contributed by atoms with E-state index in [1.165, 1.54) is 0 Å². The van der Waals surface area contributed by atoms with Crippen LogP contribution in [-0.2, 0) is 16.1 Å². The largest absolute Gasteiger partial charge is 0.356 e. The highest BCUT2D eigenvalue weighted by Gasteiger charge is 2.14.